The molecule has 0 aliphatic carbocycles. The number of fused-ring (bicyclic) bond motifs is 1. The fraction of sp³-hybridized carbons (Fsp3) is 0.235. The Hall–Kier alpha value is -2.53. The molecular weight excluding hydrogens is 276 g/mol. The van der Waals surface area contributed by atoms with Gasteiger partial charge < -0.3 is 0 Å². The molecule has 1 amide bonds. The summed E-state index contributed by atoms with van der Waals surface area (Å²) in [6.07, 6.45) is 3.88. The summed E-state index contributed by atoms with van der Waals surface area (Å²) < 4.78 is 0. The van der Waals surface area contributed by atoms with Crippen molar-refractivity contribution in [2.75, 3.05) is 11.9 Å². The van der Waals surface area contributed by atoms with E-state index in [-0.39, 0.29) is 5.91 Å². The van der Waals surface area contributed by atoms with Crippen molar-refractivity contribution in [2.45, 2.75) is 19.5 Å². The zero-order valence-corrected chi connectivity index (χ0v) is 12.3. The van der Waals surface area contributed by atoms with E-state index in [2.05, 4.69) is 51.0 Å². The predicted octanol–water partition coefficient (Wildman–Crippen LogP) is 2.16. The summed E-state index contributed by atoms with van der Waals surface area (Å²) in [6, 6.07) is 10.4. The van der Waals surface area contributed by atoms with Crippen molar-refractivity contribution in [1.29, 1.82) is 0 Å². The first kappa shape index (κ1) is 14.4. The molecule has 2 aromatic rings. The number of anilines is 1. The van der Waals surface area contributed by atoms with Crippen molar-refractivity contribution in [2.24, 2.45) is 0 Å². The Balaban J connectivity index is 1.68. The van der Waals surface area contributed by atoms with E-state index in [1.54, 1.807) is 6.20 Å². The first-order chi connectivity index (χ1) is 10.7. The Kier molecular flexibility index (Phi) is 4.25. The topological polar surface area (TPSA) is 58.1 Å². The van der Waals surface area contributed by atoms with Crippen molar-refractivity contribution < 1.29 is 4.79 Å². The van der Waals surface area contributed by atoms with E-state index in [0.29, 0.717) is 5.95 Å². The zero-order valence-electron chi connectivity index (χ0n) is 12.3. The predicted molar refractivity (Wildman–Crippen MR) is 85.1 cm³/mol. The third-order valence-corrected chi connectivity index (χ3v) is 3.68. The van der Waals surface area contributed by atoms with Crippen molar-refractivity contribution in [3.8, 4) is 0 Å². The van der Waals surface area contributed by atoms with Crippen molar-refractivity contribution in [3.05, 3.63) is 66.0 Å². The minimum Gasteiger partial charge on any atom is -0.294 e. The molecule has 112 valence electrons. The third kappa shape index (κ3) is 3.38. The Morgan fingerprint density at radius 3 is 2.95 bits per heavy atom. The molecule has 0 unspecified atom stereocenters. The molecule has 0 saturated carbocycles. The van der Waals surface area contributed by atoms with Gasteiger partial charge in [0.15, 0.2) is 0 Å². The number of rotatable bonds is 4. The summed E-state index contributed by atoms with van der Waals surface area (Å²) in [5.41, 5.74) is 3.44. The Morgan fingerprint density at radius 2 is 2.18 bits per heavy atom. The molecule has 0 atom stereocenters. The normalized spacial score (nSPS) is 14.2. The molecule has 5 heteroatoms. The molecule has 1 aromatic carbocycles. The molecule has 1 aromatic heterocycles. The van der Waals surface area contributed by atoms with Crippen LogP contribution in [0.5, 0.6) is 0 Å². The Bertz CT molecular complexity index is 684. The molecule has 5 nitrogen and oxygen atoms in total. The summed E-state index contributed by atoms with van der Waals surface area (Å²) in [5, 5.41) is 2.60. The van der Waals surface area contributed by atoms with Crippen LogP contribution >= 0.6 is 0 Å². The number of aromatic nitrogens is 2. The fourth-order valence-corrected chi connectivity index (χ4v) is 2.57. The Labute approximate surface area is 129 Å². The monoisotopic (exact) mass is 294 g/mol. The van der Waals surface area contributed by atoms with Gasteiger partial charge in [0.1, 0.15) is 0 Å². The van der Waals surface area contributed by atoms with E-state index in [9.17, 15) is 4.79 Å². The van der Waals surface area contributed by atoms with Gasteiger partial charge in [-0.15, -0.1) is 0 Å². The maximum atomic E-state index is 11.3. The molecule has 0 spiro atoms. The summed E-state index contributed by atoms with van der Waals surface area (Å²) in [7, 11) is 0. The lowest BCUT2D eigenvalue weighted by Gasteiger charge is -2.28. The molecule has 2 heterocycles. The van der Waals surface area contributed by atoms with Gasteiger partial charge in [0.2, 0.25) is 11.9 Å². The summed E-state index contributed by atoms with van der Waals surface area (Å²) in [5.74, 6) is 0.0571. The molecule has 3 rings (SSSR count). The van der Waals surface area contributed by atoms with Gasteiger partial charge >= 0.3 is 0 Å². The average molecular weight is 294 g/mol. The largest absolute Gasteiger partial charge is 0.294 e. The fourth-order valence-electron chi connectivity index (χ4n) is 2.57. The van der Waals surface area contributed by atoms with Gasteiger partial charge in [0.25, 0.3) is 0 Å². The average Bonchev–Trinajstić information content (AvgIpc) is 2.56. The lowest BCUT2D eigenvalue weighted by Crippen LogP contribution is -2.31. The molecule has 1 N–H and O–H groups in total. The number of hydrogen-bond acceptors (Lipinski definition) is 4. The molecule has 1 aliphatic rings. The van der Waals surface area contributed by atoms with E-state index in [1.165, 1.54) is 11.6 Å². The summed E-state index contributed by atoms with van der Waals surface area (Å²) in [4.78, 5) is 22.3. The number of amides is 1. The van der Waals surface area contributed by atoms with Crippen LogP contribution in [0.15, 0.2) is 49.2 Å². The molecule has 1 aliphatic heterocycles. The van der Waals surface area contributed by atoms with Crippen LogP contribution in [0.25, 0.3) is 0 Å². The van der Waals surface area contributed by atoms with Gasteiger partial charge in [-0.05, 0) is 11.6 Å². The van der Waals surface area contributed by atoms with Crippen LogP contribution in [0.2, 0.25) is 0 Å². The number of benzene rings is 1. The van der Waals surface area contributed by atoms with Gasteiger partial charge in [0.05, 0.1) is 5.69 Å². The second-order valence-corrected chi connectivity index (χ2v) is 5.31. The second kappa shape index (κ2) is 6.49. The van der Waals surface area contributed by atoms with Crippen LogP contribution in [-0.2, 0) is 24.3 Å². The van der Waals surface area contributed by atoms with Gasteiger partial charge in [-0.25, -0.2) is 9.97 Å². The van der Waals surface area contributed by atoms with Gasteiger partial charge in [0, 0.05) is 37.8 Å². The van der Waals surface area contributed by atoms with Crippen LogP contribution in [0.4, 0.5) is 5.95 Å². The number of nitrogens with one attached hydrogen (secondary N) is 1. The lowest BCUT2D eigenvalue weighted by atomic mass is 10.1. The zero-order chi connectivity index (χ0) is 15.4. The molecule has 0 bridgehead atoms. The summed E-state index contributed by atoms with van der Waals surface area (Å²) in [6.45, 7) is 6.13. The highest BCUT2D eigenvalue weighted by atomic mass is 16.1. The highest BCUT2D eigenvalue weighted by Gasteiger charge is 2.18. The smallest absolute Gasteiger partial charge is 0.250 e. The number of hydrogen-bond donors (Lipinski definition) is 1. The first-order valence-corrected chi connectivity index (χ1v) is 7.29. The van der Waals surface area contributed by atoms with Crippen LogP contribution in [-0.4, -0.2) is 27.3 Å². The quantitative estimate of drug-likeness (QED) is 0.878. The van der Waals surface area contributed by atoms with Crippen molar-refractivity contribution in [3.63, 3.8) is 0 Å². The second-order valence-electron chi connectivity index (χ2n) is 5.31. The standard InChI is InChI=1S/C17H18N4O/c1-2-16(22)20-17-18-10-14-12-21(9-8-15(14)19-17)11-13-6-4-3-5-7-13/h2-7,10H,1,8-9,11-12H2,(H,18,19,20,22). The van der Waals surface area contributed by atoms with E-state index in [0.717, 1.165) is 37.3 Å². The maximum absolute atomic E-state index is 11.3. The van der Waals surface area contributed by atoms with Crippen molar-refractivity contribution in [1.82, 2.24) is 14.9 Å². The lowest BCUT2D eigenvalue weighted by molar-refractivity contribution is -0.111. The van der Waals surface area contributed by atoms with Crippen molar-refractivity contribution >= 4 is 11.9 Å². The van der Waals surface area contributed by atoms with Gasteiger partial charge in [-0.1, -0.05) is 36.9 Å². The molecule has 0 saturated heterocycles. The molecular formula is C17H18N4O. The van der Waals surface area contributed by atoms with Gasteiger partial charge in [-0.2, -0.15) is 0 Å². The number of carbonyl (C=O) groups is 1. The van der Waals surface area contributed by atoms with Crippen LogP contribution in [0.1, 0.15) is 16.8 Å². The van der Waals surface area contributed by atoms with E-state index in [4.69, 9.17) is 0 Å². The van der Waals surface area contributed by atoms with E-state index < -0.39 is 0 Å². The first-order valence-electron chi connectivity index (χ1n) is 7.29. The van der Waals surface area contributed by atoms with E-state index in [1.807, 2.05) is 6.07 Å². The van der Waals surface area contributed by atoms with Crippen LogP contribution in [0, 0.1) is 0 Å². The molecule has 22 heavy (non-hydrogen) atoms. The number of nitrogens with zero attached hydrogens (tertiary/aromatic N) is 3. The highest BCUT2D eigenvalue weighted by Crippen LogP contribution is 2.19. The molecule has 0 radical (unpaired) electrons. The van der Waals surface area contributed by atoms with Crippen LogP contribution in [0.3, 0.4) is 0 Å². The minimum absolute atomic E-state index is 0.290. The highest BCUT2D eigenvalue weighted by molar-refractivity contribution is 5.97. The third-order valence-electron chi connectivity index (χ3n) is 3.68. The summed E-state index contributed by atoms with van der Waals surface area (Å²) >= 11 is 0. The maximum Gasteiger partial charge on any atom is 0.250 e. The number of carbonyl (C=O) groups excluding carboxylic acids is 1. The van der Waals surface area contributed by atoms with Crippen LogP contribution < -0.4 is 5.32 Å². The van der Waals surface area contributed by atoms with Gasteiger partial charge in [-0.3, -0.25) is 15.0 Å². The Morgan fingerprint density at radius 1 is 1.36 bits per heavy atom. The SMILES string of the molecule is C=CC(=O)Nc1ncc2c(n1)CCN(Cc1ccccc1)C2. The minimum atomic E-state index is -0.290. The molecule has 0 fully saturated rings. The van der Waals surface area contributed by atoms with E-state index >= 15 is 0 Å².